The van der Waals surface area contributed by atoms with E-state index in [1.165, 1.54) is 11.1 Å². The summed E-state index contributed by atoms with van der Waals surface area (Å²) in [6, 6.07) is 8.71. The third kappa shape index (κ3) is 1.29. The highest BCUT2D eigenvalue weighted by Gasteiger charge is 2.02. The summed E-state index contributed by atoms with van der Waals surface area (Å²) in [6.07, 6.45) is 2.25. The summed E-state index contributed by atoms with van der Waals surface area (Å²) in [6.45, 7) is 2.18. The second kappa shape index (κ2) is 2.89. The summed E-state index contributed by atoms with van der Waals surface area (Å²) in [5, 5.41) is 0. The molecule has 0 aliphatic carbocycles. The van der Waals surface area contributed by atoms with Crippen LogP contribution < -0.4 is 0 Å². The minimum absolute atomic E-state index is 0.166. The van der Waals surface area contributed by atoms with Gasteiger partial charge in [-0.05, 0) is 28.1 Å². The predicted octanol–water partition coefficient (Wildman–Crippen LogP) is 3.05. The Morgan fingerprint density at radius 2 is 2.00 bits per heavy atom. The lowest BCUT2D eigenvalue weighted by Gasteiger charge is -2.07. The van der Waals surface area contributed by atoms with E-state index in [2.05, 4.69) is 41.3 Å². The third-order valence-corrected chi connectivity index (χ3v) is 4.12. The van der Waals surface area contributed by atoms with Crippen LogP contribution >= 0.6 is 20.7 Å². The van der Waals surface area contributed by atoms with E-state index in [9.17, 15) is 0 Å². The molecule has 56 valence electrons. The maximum absolute atomic E-state index is 2.33. The Bertz CT molecular complexity index is 334. The van der Waals surface area contributed by atoms with Gasteiger partial charge < -0.3 is 0 Å². The molecule has 1 aromatic carbocycles. The zero-order chi connectivity index (χ0) is 7.68. The zero-order valence-electron chi connectivity index (χ0n) is 6.34. The first-order chi connectivity index (χ1) is 5.38. The summed E-state index contributed by atoms with van der Waals surface area (Å²) in [4.78, 5) is 0. The van der Waals surface area contributed by atoms with Crippen LogP contribution in [0.1, 0.15) is 12.5 Å². The first-order valence-corrected chi connectivity index (χ1v) is 5.93. The van der Waals surface area contributed by atoms with Gasteiger partial charge in [-0.3, -0.25) is 0 Å². The van der Waals surface area contributed by atoms with Crippen molar-refractivity contribution in [2.75, 3.05) is 0 Å². The molecule has 1 heteroatoms. The molecule has 1 aliphatic heterocycles. The SMILES string of the molecule is CC1=CC=Ic2ccccc21. The first-order valence-electron chi connectivity index (χ1n) is 3.61. The van der Waals surface area contributed by atoms with Crippen LogP contribution in [0.3, 0.4) is 0 Å². The van der Waals surface area contributed by atoms with Gasteiger partial charge >= 0.3 is 0 Å². The third-order valence-electron chi connectivity index (χ3n) is 1.79. The molecule has 1 aromatic rings. The average molecular weight is 256 g/mol. The molecule has 0 amide bonds. The monoisotopic (exact) mass is 256 g/mol. The molecule has 0 bridgehead atoms. The summed E-state index contributed by atoms with van der Waals surface area (Å²) < 4.78 is 3.89. The molecule has 0 atom stereocenters. The van der Waals surface area contributed by atoms with Gasteiger partial charge in [0.25, 0.3) is 0 Å². The van der Waals surface area contributed by atoms with Crippen LogP contribution in [0, 0.1) is 3.57 Å². The molecule has 0 unspecified atom stereocenters. The molecule has 0 aromatic heterocycles. The van der Waals surface area contributed by atoms with E-state index in [-0.39, 0.29) is 20.7 Å². The highest BCUT2D eigenvalue weighted by molar-refractivity contribution is 14.2. The zero-order valence-corrected chi connectivity index (χ0v) is 8.50. The van der Waals surface area contributed by atoms with Crippen LogP contribution in [0.2, 0.25) is 0 Å². The largest absolute Gasteiger partial charge is 0.0850 e. The number of benzene rings is 1. The van der Waals surface area contributed by atoms with Crippen molar-refractivity contribution in [3.05, 3.63) is 39.5 Å². The molecule has 0 saturated carbocycles. The summed E-state index contributed by atoms with van der Waals surface area (Å²) >= 11 is 0.166. The fourth-order valence-corrected chi connectivity index (χ4v) is 3.62. The fraction of sp³-hybridized carbons (Fsp3) is 0.100. The van der Waals surface area contributed by atoms with Crippen molar-refractivity contribution in [2.45, 2.75) is 6.92 Å². The second-order valence-electron chi connectivity index (χ2n) is 2.56. The lowest BCUT2D eigenvalue weighted by Crippen LogP contribution is -1.88. The van der Waals surface area contributed by atoms with Crippen molar-refractivity contribution in [1.29, 1.82) is 0 Å². The molecule has 0 radical (unpaired) electrons. The maximum Gasteiger partial charge on any atom is 0.0152 e. The minimum atomic E-state index is 0.166. The van der Waals surface area contributed by atoms with Crippen LogP contribution in [0.15, 0.2) is 30.3 Å². The van der Waals surface area contributed by atoms with Crippen LogP contribution in [-0.2, 0) is 0 Å². The molecule has 2 rings (SSSR count). The van der Waals surface area contributed by atoms with Crippen molar-refractivity contribution < 1.29 is 0 Å². The molecule has 0 N–H and O–H groups in total. The van der Waals surface area contributed by atoms with Gasteiger partial charge in [0.15, 0.2) is 0 Å². The van der Waals surface area contributed by atoms with Crippen molar-refractivity contribution in [1.82, 2.24) is 0 Å². The Hall–Kier alpha value is -0.440. The van der Waals surface area contributed by atoms with Gasteiger partial charge in [-0.25, -0.2) is 0 Å². The Morgan fingerprint density at radius 3 is 2.82 bits per heavy atom. The van der Waals surface area contributed by atoms with E-state index in [4.69, 9.17) is 0 Å². The van der Waals surface area contributed by atoms with Crippen LogP contribution in [0.4, 0.5) is 0 Å². The lowest BCUT2D eigenvalue weighted by atomic mass is 10.1. The lowest BCUT2D eigenvalue weighted by molar-refractivity contribution is 1.53. The number of halogens is 1. The van der Waals surface area contributed by atoms with E-state index in [0.717, 1.165) is 0 Å². The fourth-order valence-electron chi connectivity index (χ4n) is 1.16. The number of allylic oxidation sites excluding steroid dienone is 2. The van der Waals surface area contributed by atoms with E-state index in [1.54, 1.807) is 3.57 Å². The molecule has 1 heterocycles. The highest BCUT2D eigenvalue weighted by atomic mass is 127. The summed E-state index contributed by atoms with van der Waals surface area (Å²) in [5.74, 6) is 0. The average Bonchev–Trinajstić information content (AvgIpc) is 2.06. The van der Waals surface area contributed by atoms with Crippen LogP contribution in [0.5, 0.6) is 0 Å². The van der Waals surface area contributed by atoms with Crippen molar-refractivity contribution in [3.8, 4) is 0 Å². The van der Waals surface area contributed by atoms with E-state index in [0.29, 0.717) is 0 Å². The van der Waals surface area contributed by atoms with Gasteiger partial charge in [0.2, 0.25) is 0 Å². The van der Waals surface area contributed by atoms with E-state index < -0.39 is 0 Å². The molecular weight excluding hydrogens is 247 g/mol. The van der Waals surface area contributed by atoms with Gasteiger partial charge in [-0.2, -0.15) is 0 Å². The van der Waals surface area contributed by atoms with Gasteiger partial charge in [0.05, 0.1) is 0 Å². The van der Waals surface area contributed by atoms with Crippen molar-refractivity contribution in [2.24, 2.45) is 0 Å². The van der Waals surface area contributed by atoms with Gasteiger partial charge in [0.1, 0.15) is 0 Å². The molecule has 1 aliphatic rings. The number of rotatable bonds is 0. The Kier molecular flexibility index (Phi) is 1.90. The molecule has 0 fully saturated rings. The number of fused-ring (bicyclic) bond motifs is 1. The highest BCUT2D eigenvalue weighted by Crippen LogP contribution is 2.26. The Labute approximate surface area is 76.7 Å². The summed E-state index contributed by atoms with van der Waals surface area (Å²) in [7, 11) is 0. The molecule has 0 saturated heterocycles. The standard InChI is InChI=1S/C10H9I/c1-8-6-7-11-10-5-3-2-4-9(8)10/h2-7H,1H3. The van der Waals surface area contributed by atoms with Gasteiger partial charge in [-0.15, -0.1) is 0 Å². The number of hydrogen-bond donors (Lipinski definition) is 0. The Balaban J connectivity index is 2.67. The van der Waals surface area contributed by atoms with E-state index >= 15 is 0 Å². The first kappa shape index (κ1) is 7.22. The van der Waals surface area contributed by atoms with Crippen LogP contribution in [0.25, 0.3) is 5.57 Å². The van der Waals surface area contributed by atoms with E-state index in [1.807, 2.05) is 0 Å². The molecule has 11 heavy (non-hydrogen) atoms. The Morgan fingerprint density at radius 1 is 1.18 bits per heavy atom. The minimum Gasteiger partial charge on any atom is -0.0850 e. The molecule has 0 nitrogen and oxygen atoms in total. The van der Waals surface area contributed by atoms with Gasteiger partial charge in [0, 0.05) is 3.57 Å². The summed E-state index contributed by atoms with van der Waals surface area (Å²) in [5.41, 5.74) is 2.87. The maximum atomic E-state index is 2.33. The van der Waals surface area contributed by atoms with Crippen molar-refractivity contribution in [3.63, 3.8) is 0 Å². The normalized spacial score (nSPS) is 14.8. The van der Waals surface area contributed by atoms with Crippen LogP contribution in [-0.4, -0.2) is 4.01 Å². The van der Waals surface area contributed by atoms with Crippen molar-refractivity contribution >= 4 is 30.3 Å². The quantitative estimate of drug-likeness (QED) is 0.626. The number of hydrogen-bond acceptors (Lipinski definition) is 0. The topological polar surface area (TPSA) is 0 Å². The smallest absolute Gasteiger partial charge is 0.0152 e. The van der Waals surface area contributed by atoms with Gasteiger partial charge in [-0.1, -0.05) is 45.0 Å². The second-order valence-corrected chi connectivity index (χ2v) is 5.07. The predicted molar refractivity (Wildman–Crippen MR) is 58.9 cm³/mol. The molecule has 0 spiro atoms. The molecular formula is C10H9I.